The molecule has 7 nitrogen and oxygen atoms in total. The van der Waals surface area contributed by atoms with E-state index in [1.54, 1.807) is 31.4 Å². The van der Waals surface area contributed by atoms with E-state index in [2.05, 4.69) is 10.6 Å². The van der Waals surface area contributed by atoms with Crippen LogP contribution in [0.3, 0.4) is 0 Å². The van der Waals surface area contributed by atoms with E-state index in [1.165, 1.54) is 0 Å². The summed E-state index contributed by atoms with van der Waals surface area (Å²) in [6.45, 7) is 0.100. The zero-order valence-corrected chi connectivity index (χ0v) is 19.6. The number of ether oxygens (including phenoxy) is 1. The third kappa shape index (κ3) is 4.95. The minimum Gasteiger partial charge on any atom is -0.497 e. The Kier molecular flexibility index (Phi) is 6.44. The van der Waals surface area contributed by atoms with Crippen LogP contribution < -0.4 is 15.4 Å². The van der Waals surface area contributed by atoms with Gasteiger partial charge >= 0.3 is 0 Å². The molecule has 2 amide bonds. The van der Waals surface area contributed by atoms with Crippen molar-refractivity contribution in [2.24, 2.45) is 0 Å². The Bertz CT molecular complexity index is 1530. The van der Waals surface area contributed by atoms with Crippen molar-refractivity contribution in [3.8, 4) is 17.1 Å². The summed E-state index contributed by atoms with van der Waals surface area (Å²) in [6.07, 6.45) is 0. The number of fused-ring (bicyclic) bond motifs is 1. The summed E-state index contributed by atoms with van der Waals surface area (Å²) in [4.78, 5) is 30.4. The summed E-state index contributed by atoms with van der Waals surface area (Å²) in [5.41, 5.74) is 4.34. The quantitative estimate of drug-likeness (QED) is 0.320. The normalized spacial score (nSPS) is 10.7. The van der Waals surface area contributed by atoms with Gasteiger partial charge in [-0.15, -0.1) is 0 Å². The molecule has 2 N–H and O–H groups in total. The number of amides is 2. The molecule has 5 rings (SSSR count). The summed E-state index contributed by atoms with van der Waals surface area (Å²) >= 11 is 0. The number of para-hydroxylation sites is 3. The van der Waals surface area contributed by atoms with Crippen LogP contribution >= 0.6 is 0 Å². The number of imidazole rings is 1. The van der Waals surface area contributed by atoms with Gasteiger partial charge in [0, 0.05) is 28.6 Å². The number of methoxy groups -OCH3 is 1. The van der Waals surface area contributed by atoms with Crippen LogP contribution in [0, 0.1) is 0 Å². The molecular weight excluding hydrogens is 452 g/mol. The average Bonchev–Trinajstić information content (AvgIpc) is 3.27. The Labute approximate surface area is 208 Å². The van der Waals surface area contributed by atoms with Gasteiger partial charge in [0.25, 0.3) is 5.91 Å². The smallest absolute Gasteiger partial charge is 0.255 e. The third-order valence-electron chi connectivity index (χ3n) is 5.75. The molecule has 36 heavy (non-hydrogen) atoms. The molecule has 0 bridgehead atoms. The van der Waals surface area contributed by atoms with E-state index >= 15 is 0 Å². The second-order valence-corrected chi connectivity index (χ2v) is 8.19. The van der Waals surface area contributed by atoms with Gasteiger partial charge in [-0.2, -0.15) is 0 Å². The summed E-state index contributed by atoms with van der Waals surface area (Å²) in [5.74, 6) is 0.933. The second kappa shape index (κ2) is 10.1. The van der Waals surface area contributed by atoms with E-state index in [9.17, 15) is 9.59 Å². The Morgan fingerprint density at radius 2 is 1.53 bits per heavy atom. The molecule has 7 heteroatoms. The van der Waals surface area contributed by atoms with Crippen molar-refractivity contribution in [2.75, 3.05) is 17.7 Å². The van der Waals surface area contributed by atoms with Crippen molar-refractivity contribution in [2.45, 2.75) is 6.54 Å². The number of anilines is 2. The SMILES string of the molecule is COc1cccc(NC(=O)c2ccc(-c3nc4ccccc4n3CC(=O)Nc3ccccc3)cc2)c1. The first kappa shape index (κ1) is 22.9. The molecule has 0 saturated heterocycles. The molecule has 5 aromatic rings. The molecule has 4 aromatic carbocycles. The molecule has 1 aromatic heterocycles. The highest BCUT2D eigenvalue weighted by molar-refractivity contribution is 6.04. The predicted octanol–water partition coefficient (Wildman–Crippen LogP) is 5.60. The maximum Gasteiger partial charge on any atom is 0.255 e. The van der Waals surface area contributed by atoms with E-state index < -0.39 is 0 Å². The molecule has 0 spiro atoms. The second-order valence-electron chi connectivity index (χ2n) is 8.19. The monoisotopic (exact) mass is 476 g/mol. The fraction of sp³-hybridized carbons (Fsp3) is 0.0690. The number of carbonyl (C=O) groups is 2. The Morgan fingerprint density at radius 3 is 2.31 bits per heavy atom. The van der Waals surface area contributed by atoms with E-state index in [0.717, 1.165) is 22.3 Å². The van der Waals surface area contributed by atoms with Gasteiger partial charge in [-0.25, -0.2) is 4.98 Å². The molecule has 0 aliphatic heterocycles. The number of benzene rings is 4. The van der Waals surface area contributed by atoms with Crippen LogP contribution in [0.25, 0.3) is 22.4 Å². The van der Waals surface area contributed by atoms with Gasteiger partial charge in [-0.1, -0.05) is 48.5 Å². The molecule has 178 valence electrons. The zero-order valence-electron chi connectivity index (χ0n) is 19.6. The number of carbonyl (C=O) groups excluding carboxylic acids is 2. The van der Waals surface area contributed by atoms with Gasteiger partial charge < -0.3 is 19.9 Å². The Hall–Kier alpha value is -4.91. The van der Waals surface area contributed by atoms with Crippen molar-refractivity contribution in [1.82, 2.24) is 9.55 Å². The van der Waals surface area contributed by atoms with Crippen molar-refractivity contribution < 1.29 is 14.3 Å². The summed E-state index contributed by atoms with van der Waals surface area (Å²) in [5, 5.41) is 5.81. The highest BCUT2D eigenvalue weighted by Crippen LogP contribution is 2.26. The van der Waals surface area contributed by atoms with E-state index in [0.29, 0.717) is 22.8 Å². The van der Waals surface area contributed by atoms with Gasteiger partial charge in [0.15, 0.2) is 0 Å². The van der Waals surface area contributed by atoms with Crippen LogP contribution in [0.2, 0.25) is 0 Å². The zero-order chi connectivity index (χ0) is 24.9. The molecule has 0 unspecified atom stereocenters. The number of rotatable bonds is 7. The van der Waals surface area contributed by atoms with Gasteiger partial charge in [0.2, 0.25) is 5.91 Å². The molecular formula is C29H24N4O3. The largest absolute Gasteiger partial charge is 0.497 e. The maximum atomic E-state index is 12.8. The maximum absolute atomic E-state index is 12.8. The first-order valence-corrected chi connectivity index (χ1v) is 11.5. The van der Waals surface area contributed by atoms with Crippen molar-refractivity contribution in [3.63, 3.8) is 0 Å². The predicted molar refractivity (Wildman–Crippen MR) is 141 cm³/mol. The van der Waals surface area contributed by atoms with Crippen LogP contribution in [-0.2, 0) is 11.3 Å². The number of nitrogens with one attached hydrogen (secondary N) is 2. The standard InChI is InChI=1S/C29H24N4O3/c1-36-24-11-7-10-23(18-24)31-29(35)21-16-14-20(15-17-21)28-32-25-12-5-6-13-26(25)33(28)19-27(34)30-22-8-3-2-4-9-22/h2-18H,19H2,1H3,(H,30,34)(H,31,35). The van der Waals surface area contributed by atoms with Gasteiger partial charge in [0.1, 0.15) is 18.1 Å². The number of hydrogen-bond acceptors (Lipinski definition) is 4. The van der Waals surface area contributed by atoms with E-state index in [-0.39, 0.29) is 18.4 Å². The number of aromatic nitrogens is 2. The minimum atomic E-state index is -0.231. The average molecular weight is 477 g/mol. The summed E-state index contributed by atoms with van der Waals surface area (Å²) in [7, 11) is 1.58. The first-order valence-electron chi connectivity index (χ1n) is 11.5. The summed E-state index contributed by atoms with van der Waals surface area (Å²) < 4.78 is 7.10. The Balaban J connectivity index is 1.40. The van der Waals surface area contributed by atoms with Gasteiger partial charge in [0.05, 0.1) is 18.1 Å². The minimum absolute atomic E-state index is 0.100. The van der Waals surface area contributed by atoms with Crippen molar-refractivity contribution >= 4 is 34.2 Å². The fourth-order valence-corrected chi connectivity index (χ4v) is 4.00. The van der Waals surface area contributed by atoms with Gasteiger partial charge in [-0.3, -0.25) is 9.59 Å². The van der Waals surface area contributed by atoms with Crippen LogP contribution in [-0.4, -0.2) is 28.5 Å². The number of nitrogens with zero attached hydrogens (tertiary/aromatic N) is 2. The van der Waals surface area contributed by atoms with Crippen LogP contribution in [0.5, 0.6) is 5.75 Å². The highest BCUT2D eigenvalue weighted by atomic mass is 16.5. The molecule has 0 atom stereocenters. The van der Waals surface area contributed by atoms with E-state index in [1.807, 2.05) is 83.4 Å². The lowest BCUT2D eigenvalue weighted by molar-refractivity contribution is -0.116. The molecule has 1 heterocycles. The molecule has 0 fully saturated rings. The number of hydrogen-bond donors (Lipinski definition) is 2. The van der Waals surface area contributed by atoms with Crippen LogP contribution in [0.1, 0.15) is 10.4 Å². The van der Waals surface area contributed by atoms with Crippen molar-refractivity contribution in [1.29, 1.82) is 0 Å². The molecule has 0 aliphatic rings. The van der Waals surface area contributed by atoms with Crippen LogP contribution in [0.4, 0.5) is 11.4 Å². The van der Waals surface area contributed by atoms with E-state index in [4.69, 9.17) is 9.72 Å². The summed E-state index contributed by atoms with van der Waals surface area (Å²) in [6, 6.07) is 31.4. The third-order valence-corrected chi connectivity index (χ3v) is 5.75. The molecule has 0 radical (unpaired) electrons. The Morgan fingerprint density at radius 1 is 0.806 bits per heavy atom. The molecule has 0 saturated carbocycles. The topological polar surface area (TPSA) is 85.2 Å². The lowest BCUT2D eigenvalue weighted by Crippen LogP contribution is -2.19. The fourth-order valence-electron chi connectivity index (χ4n) is 4.00. The van der Waals surface area contributed by atoms with Crippen molar-refractivity contribution in [3.05, 3.63) is 109 Å². The first-order chi connectivity index (χ1) is 17.6. The van der Waals surface area contributed by atoms with Crippen LogP contribution in [0.15, 0.2) is 103 Å². The molecule has 0 aliphatic carbocycles. The lowest BCUT2D eigenvalue weighted by atomic mass is 10.1. The lowest BCUT2D eigenvalue weighted by Gasteiger charge is -2.11. The van der Waals surface area contributed by atoms with Gasteiger partial charge in [-0.05, 0) is 48.5 Å². The highest BCUT2D eigenvalue weighted by Gasteiger charge is 2.16.